The lowest BCUT2D eigenvalue weighted by atomic mass is 10.1. The molecule has 0 aromatic heterocycles. The summed E-state index contributed by atoms with van der Waals surface area (Å²) in [5.74, 6) is -0.0408. The molecular weight excluding hydrogens is 246 g/mol. The molecule has 2 N–H and O–H groups in total. The van der Waals surface area contributed by atoms with Crippen LogP contribution in [-0.2, 0) is 4.79 Å². The topological polar surface area (TPSA) is 49.3 Å². The van der Waals surface area contributed by atoms with Gasteiger partial charge in [-0.3, -0.25) is 4.79 Å². The number of aliphatic hydroxyl groups is 1. The molecule has 0 saturated heterocycles. The van der Waals surface area contributed by atoms with Crippen LogP contribution in [0, 0.1) is 0 Å². The van der Waals surface area contributed by atoms with Crippen molar-refractivity contribution in [3.05, 3.63) is 28.2 Å². The van der Waals surface area contributed by atoms with E-state index in [9.17, 15) is 9.90 Å². The van der Waals surface area contributed by atoms with Crippen LogP contribution in [0.2, 0.25) is 0 Å². The summed E-state index contributed by atoms with van der Waals surface area (Å²) in [6.45, 7) is 0. The molecule has 1 heterocycles. The SMILES string of the molecule is O=C1CCC(O)c2ccc(Br)cc2N1. The van der Waals surface area contributed by atoms with Crippen LogP contribution in [0.5, 0.6) is 0 Å². The summed E-state index contributed by atoms with van der Waals surface area (Å²) in [6.07, 6.45) is 0.311. The van der Waals surface area contributed by atoms with Gasteiger partial charge in [0.2, 0.25) is 5.91 Å². The van der Waals surface area contributed by atoms with Crippen LogP contribution in [0.25, 0.3) is 0 Å². The van der Waals surface area contributed by atoms with E-state index in [0.29, 0.717) is 18.5 Å². The first-order valence-corrected chi connectivity index (χ1v) is 5.23. The quantitative estimate of drug-likeness (QED) is 0.747. The van der Waals surface area contributed by atoms with Gasteiger partial charge in [-0.05, 0) is 18.6 Å². The highest BCUT2D eigenvalue weighted by Crippen LogP contribution is 2.31. The van der Waals surface area contributed by atoms with E-state index in [1.165, 1.54) is 0 Å². The summed E-state index contributed by atoms with van der Waals surface area (Å²) >= 11 is 3.32. The van der Waals surface area contributed by atoms with Gasteiger partial charge in [0, 0.05) is 22.1 Å². The summed E-state index contributed by atoms with van der Waals surface area (Å²) in [5.41, 5.74) is 1.49. The molecule has 14 heavy (non-hydrogen) atoms. The van der Waals surface area contributed by atoms with Crippen molar-refractivity contribution in [3.8, 4) is 0 Å². The number of halogens is 1. The van der Waals surface area contributed by atoms with E-state index in [0.717, 1.165) is 10.0 Å². The van der Waals surface area contributed by atoms with Crippen LogP contribution >= 0.6 is 15.9 Å². The maximum atomic E-state index is 11.3. The van der Waals surface area contributed by atoms with Crippen molar-refractivity contribution in [1.29, 1.82) is 0 Å². The largest absolute Gasteiger partial charge is 0.388 e. The van der Waals surface area contributed by atoms with E-state index in [-0.39, 0.29) is 5.91 Å². The van der Waals surface area contributed by atoms with Gasteiger partial charge in [0.05, 0.1) is 6.10 Å². The minimum Gasteiger partial charge on any atom is -0.388 e. The Bertz CT molecular complexity index is 378. The molecule has 3 nitrogen and oxygen atoms in total. The Hall–Kier alpha value is -0.870. The molecule has 1 aromatic carbocycles. The fourth-order valence-electron chi connectivity index (χ4n) is 1.56. The third kappa shape index (κ3) is 1.81. The Balaban J connectivity index is 2.46. The fourth-order valence-corrected chi connectivity index (χ4v) is 1.92. The van der Waals surface area contributed by atoms with Crippen molar-refractivity contribution in [1.82, 2.24) is 0 Å². The predicted molar refractivity (Wildman–Crippen MR) is 57.0 cm³/mol. The van der Waals surface area contributed by atoms with Crippen molar-refractivity contribution in [2.45, 2.75) is 18.9 Å². The van der Waals surface area contributed by atoms with E-state index in [1.54, 1.807) is 0 Å². The number of carbonyl (C=O) groups excluding carboxylic acids is 1. The number of carbonyl (C=O) groups is 1. The van der Waals surface area contributed by atoms with Gasteiger partial charge in [0.1, 0.15) is 0 Å². The maximum Gasteiger partial charge on any atom is 0.224 e. The zero-order valence-corrected chi connectivity index (χ0v) is 9.04. The lowest BCUT2D eigenvalue weighted by molar-refractivity contribution is -0.116. The molecule has 1 aliphatic heterocycles. The molecule has 74 valence electrons. The molecule has 1 atom stereocenters. The highest BCUT2D eigenvalue weighted by atomic mass is 79.9. The summed E-state index contributed by atoms with van der Waals surface area (Å²) in [7, 11) is 0. The molecule has 1 amide bonds. The average molecular weight is 256 g/mol. The second-order valence-corrected chi connectivity index (χ2v) is 4.25. The molecular formula is C10H10BrNO2. The Morgan fingerprint density at radius 3 is 3.07 bits per heavy atom. The van der Waals surface area contributed by atoms with Crippen molar-refractivity contribution in [2.75, 3.05) is 5.32 Å². The number of amides is 1. The lowest BCUT2D eigenvalue weighted by Gasteiger charge is -2.10. The van der Waals surface area contributed by atoms with Crippen molar-refractivity contribution >= 4 is 27.5 Å². The molecule has 0 aliphatic carbocycles. The predicted octanol–water partition coefficient (Wildman–Crippen LogP) is 2.21. The molecule has 0 radical (unpaired) electrons. The Kier molecular flexibility index (Phi) is 2.56. The second-order valence-electron chi connectivity index (χ2n) is 3.33. The van der Waals surface area contributed by atoms with Gasteiger partial charge in [-0.1, -0.05) is 22.0 Å². The van der Waals surface area contributed by atoms with Gasteiger partial charge in [-0.25, -0.2) is 0 Å². The van der Waals surface area contributed by atoms with Crippen molar-refractivity contribution in [3.63, 3.8) is 0 Å². The molecule has 1 aliphatic rings. The van der Waals surface area contributed by atoms with E-state index in [4.69, 9.17) is 0 Å². The van der Waals surface area contributed by atoms with Crippen LogP contribution in [0.3, 0.4) is 0 Å². The average Bonchev–Trinajstić information content (AvgIpc) is 2.26. The fraction of sp³-hybridized carbons (Fsp3) is 0.300. The number of rotatable bonds is 0. The van der Waals surface area contributed by atoms with Gasteiger partial charge in [0.25, 0.3) is 0 Å². The van der Waals surface area contributed by atoms with Gasteiger partial charge < -0.3 is 10.4 Å². The summed E-state index contributed by atoms with van der Waals surface area (Å²) < 4.78 is 0.894. The normalized spacial score (nSPS) is 21.0. The Labute approximate surface area is 90.3 Å². The highest BCUT2D eigenvalue weighted by molar-refractivity contribution is 9.10. The van der Waals surface area contributed by atoms with Crippen LogP contribution in [0.15, 0.2) is 22.7 Å². The first-order valence-electron chi connectivity index (χ1n) is 4.44. The Morgan fingerprint density at radius 2 is 2.29 bits per heavy atom. The van der Waals surface area contributed by atoms with Crippen LogP contribution in [-0.4, -0.2) is 11.0 Å². The van der Waals surface area contributed by atoms with Gasteiger partial charge in [-0.15, -0.1) is 0 Å². The number of nitrogens with one attached hydrogen (secondary N) is 1. The molecule has 0 spiro atoms. The lowest BCUT2D eigenvalue weighted by Crippen LogP contribution is -2.09. The summed E-state index contributed by atoms with van der Waals surface area (Å²) in [6, 6.07) is 5.50. The molecule has 4 heteroatoms. The molecule has 2 rings (SSSR count). The first kappa shape index (κ1) is 9.68. The number of fused-ring (bicyclic) bond motifs is 1. The van der Waals surface area contributed by atoms with Crippen molar-refractivity contribution < 1.29 is 9.90 Å². The monoisotopic (exact) mass is 255 g/mol. The molecule has 0 saturated carbocycles. The van der Waals surface area contributed by atoms with Gasteiger partial charge >= 0.3 is 0 Å². The minimum atomic E-state index is -0.544. The molecule has 0 bridgehead atoms. The zero-order valence-electron chi connectivity index (χ0n) is 7.46. The zero-order chi connectivity index (χ0) is 10.1. The van der Waals surface area contributed by atoms with Crippen LogP contribution in [0.1, 0.15) is 24.5 Å². The third-order valence-corrected chi connectivity index (χ3v) is 2.79. The minimum absolute atomic E-state index is 0.0408. The summed E-state index contributed by atoms with van der Waals surface area (Å²) in [5, 5.41) is 12.5. The van der Waals surface area contributed by atoms with E-state index in [1.807, 2.05) is 18.2 Å². The maximum absolute atomic E-state index is 11.3. The number of hydrogen-bond acceptors (Lipinski definition) is 2. The standard InChI is InChI=1S/C10H10BrNO2/c11-6-1-2-7-8(5-6)12-10(14)4-3-9(7)13/h1-2,5,9,13H,3-4H2,(H,12,14). The highest BCUT2D eigenvalue weighted by Gasteiger charge is 2.19. The smallest absolute Gasteiger partial charge is 0.224 e. The van der Waals surface area contributed by atoms with Crippen molar-refractivity contribution in [2.24, 2.45) is 0 Å². The van der Waals surface area contributed by atoms with Crippen LogP contribution < -0.4 is 5.32 Å². The van der Waals surface area contributed by atoms with Crippen LogP contribution in [0.4, 0.5) is 5.69 Å². The number of anilines is 1. The molecule has 1 aromatic rings. The number of hydrogen-bond donors (Lipinski definition) is 2. The summed E-state index contributed by atoms with van der Waals surface area (Å²) in [4.78, 5) is 11.3. The van der Waals surface area contributed by atoms with Gasteiger partial charge in [-0.2, -0.15) is 0 Å². The molecule has 0 fully saturated rings. The van der Waals surface area contributed by atoms with Gasteiger partial charge in [0.15, 0.2) is 0 Å². The first-order chi connectivity index (χ1) is 6.66. The van der Waals surface area contributed by atoms with E-state index in [2.05, 4.69) is 21.2 Å². The Morgan fingerprint density at radius 1 is 1.50 bits per heavy atom. The van der Waals surface area contributed by atoms with E-state index >= 15 is 0 Å². The van der Waals surface area contributed by atoms with E-state index < -0.39 is 6.10 Å². The number of benzene rings is 1. The second kappa shape index (κ2) is 3.71. The number of aliphatic hydroxyl groups excluding tert-OH is 1. The molecule has 1 unspecified atom stereocenters. The third-order valence-electron chi connectivity index (χ3n) is 2.29.